The maximum absolute atomic E-state index is 6.13. The molecule has 6 unspecified atom stereocenters. The minimum Gasteiger partial charge on any atom is -0.380 e. The lowest BCUT2D eigenvalue weighted by molar-refractivity contribution is -0.258. The van der Waals surface area contributed by atoms with Crippen molar-refractivity contribution in [3.8, 4) is 0 Å². The first-order valence-electron chi connectivity index (χ1n) is 10.6. The van der Waals surface area contributed by atoms with Crippen LogP contribution in [0, 0.1) is 17.3 Å². The summed E-state index contributed by atoms with van der Waals surface area (Å²) in [6.45, 7) is 9.21. The molecule has 0 aromatic rings. The number of hydrogen-bond acceptors (Lipinski definition) is 5. The highest BCUT2D eigenvalue weighted by atomic mass is 16.6. The molecule has 4 saturated heterocycles. The van der Waals surface area contributed by atoms with Crippen LogP contribution in [0.1, 0.15) is 52.4 Å². The molecule has 6 aliphatic rings. The molecule has 0 aromatic carbocycles. The van der Waals surface area contributed by atoms with Crippen LogP contribution in [0.2, 0.25) is 0 Å². The van der Waals surface area contributed by atoms with Crippen molar-refractivity contribution in [3.63, 3.8) is 0 Å². The summed E-state index contributed by atoms with van der Waals surface area (Å²) in [6, 6.07) is 0. The third-order valence-corrected chi connectivity index (χ3v) is 7.59. The zero-order valence-electron chi connectivity index (χ0n) is 16.3. The minimum absolute atomic E-state index is 0.0723. The lowest BCUT2D eigenvalue weighted by Crippen LogP contribution is -2.57. The first-order chi connectivity index (χ1) is 12.5. The molecular formula is C21H34O5. The van der Waals surface area contributed by atoms with Crippen molar-refractivity contribution >= 4 is 0 Å². The van der Waals surface area contributed by atoms with Gasteiger partial charge in [-0.1, -0.05) is 0 Å². The second-order valence-electron chi connectivity index (χ2n) is 10.2. The van der Waals surface area contributed by atoms with Crippen LogP contribution in [-0.2, 0) is 23.7 Å². The Morgan fingerprint density at radius 3 is 2.35 bits per heavy atom. The Labute approximate surface area is 157 Å². The van der Waals surface area contributed by atoms with Crippen molar-refractivity contribution in [1.29, 1.82) is 0 Å². The third kappa shape index (κ3) is 3.35. The third-order valence-electron chi connectivity index (χ3n) is 7.59. The predicted octanol–water partition coefficient (Wildman–Crippen LogP) is 2.95. The van der Waals surface area contributed by atoms with Gasteiger partial charge in [0.05, 0.1) is 61.9 Å². The van der Waals surface area contributed by atoms with Crippen LogP contribution >= 0.6 is 0 Å². The molecule has 0 aromatic heterocycles. The summed E-state index contributed by atoms with van der Waals surface area (Å²) in [4.78, 5) is 0. The zero-order valence-corrected chi connectivity index (χ0v) is 16.3. The van der Waals surface area contributed by atoms with E-state index < -0.39 is 0 Å². The van der Waals surface area contributed by atoms with Crippen molar-refractivity contribution in [2.24, 2.45) is 17.3 Å². The average molecular weight is 366 g/mol. The SMILES string of the molecule is CC12CCC(COCC3(COCC4CCC5(C)OC5C4)COC3)C(C1)O2. The molecule has 5 heteroatoms. The van der Waals surface area contributed by atoms with E-state index in [4.69, 9.17) is 23.7 Å². The van der Waals surface area contributed by atoms with E-state index in [0.29, 0.717) is 24.0 Å². The van der Waals surface area contributed by atoms with Crippen LogP contribution in [0.5, 0.6) is 0 Å². The summed E-state index contributed by atoms with van der Waals surface area (Å²) in [5.74, 6) is 1.23. The fourth-order valence-electron chi connectivity index (χ4n) is 5.41. The summed E-state index contributed by atoms with van der Waals surface area (Å²) >= 11 is 0. The molecule has 0 spiro atoms. The van der Waals surface area contributed by atoms with Gasteiger partial charge in [0.15, 0.2) is 0 Å². The lowest BCUT2D eigenvalue weighted by Gasteiger charge is -2.54. The summed E-state index contributed by atoms with van der Waals surface area (Å²) in [5, 5.41) is 0. The van der Waals surface area contributed by atoms with Crippen molar-refractivity contribution in [2.75, 3.05) is 39.6 Å². The van der Waals surface area contributed by atoms with Crippen LogP contribution < -0.4 is 0 Å². The van der Waals surface area contributed by atoms with E-state index in [1.165, 1.54) is 38.5 Å². The molecule has 4 aliphatic heterocycles. The Morgan fingerprint density at radius 2 is 1.73 bits per heavy atom. The molecule has 0 amide bonds. The Hall–Kier alpha value is -0.200. The van der Waals surface area contributed by atoms with E-state index in [9.17, 15) is 0 Å². The van der Waals surface area contributed by atoms with Gasteiger partial charge in [0.1, 0.15) is 0 Å². The van der Waals surface area contributed by atoms with Gasteiger partial charge < -0.3 is 23.7 Å². The fraction of sp³-hybridized carbons (Fsp3) is 1.00. The number of epoxide rings is 1. The Balaban J connectivity index is 1.01. The van der Waals surface area contributed by atoms with Gasteiger partial charge in [-0.2, -0.15) is 0 Å². The van der Waals surface area contributed by atoms with Crippen LogP contribution in [0.3, 0.4) is 0 Å². The first-order valence-corrected chi connectivity index (χ1v) is 10.6. The van der Waals surface area contributed by atoms with Gasteiger partial charge in [-0.05, 0) is 51.9 Å². The number of ether oxygens (including phenoxy) is 5. The van der Waals surface area contributed by atoms with Crippen molar-refractivity contribution < 1.29 is 23.7 Å². The van der Waals surface area contributed by atoms with Gasteiger partial charge in [0.25, 0.3) is 0 Å². The fourth-order valence-corrected chi connectivity index (χ4v) is 5.41. The monoisotopic (exact) mass is 366 g/mol. The summed E-state index contributed by atoms with van der Waals surface area (Å²) in [7, 11) is 0. The van der Waals surface area contributed by atoms with Gasteiger partial charge in [-0.15, -0.1) is 0 Å². The van der Waals surface area contributed by atoms with Crippen molar-refractivity contribution in [1.82, 2.24) is 0 Å². The highest BCUT2D eigenvalue weighted by molar-refractivity contribution is 5.03. The van der Waals surface area contributed by atoms with E-state index in [-0.39, 0.29) is 16.6 Å². The van der Waals surface area contributed by atoms with E-state index in [1.54, 1.807) is 0 Å². The molecule has 4 heterocycles. The van der Waals surface area contributed by atoms with Gasteiger partial charge >= 0.3 is 0 Å². The second kappa shape index (κ2) is 6.41. The minimum atomic E-state index is 0.0723. The highest BCUT2D eigenvalue weighted by Crippen LogP contribution is 2.49. The van der Waals surface area contributed by atoms with E-state index in [0.717, 1.165) is 39.6 Å². The second-order valence-corrected chi connectivity index (χ2v) is 10.2. The smallest absolute Gasteiger partial charge is 0.0920 e. The average Bonchev–Trinajstić information content (AvgIpc) is 3.23. The maximum Gasteiger partial charge on any atom is 0.0920 e. The van der Waals surface area contributed by atoms with Crippen LogP contribution in [0.4, 0.5) is 0 Å². The first kappa shape index (κ1) is 17.9. The normalized spacial score (nSPS) is 48.2. The van der Waals surface area contributed by atoms with Gasteiger partial charge in [-0.3, -0.25) is 0 Å². The molecule has 2 bridgehead atoms. The molecular weight excluding hydrogens is 332 g/mol. The molecule has 6 atom stereocenters. The Kier molecular flexibility index (Phi) is 4.41. The quantitative estimate of drug-likeness (QED) is 0.618. The van der Waals surface area contributed by atoms with Gasteiger partial charge in [0.2, 0.25) is 0 Å². The molecule has 26 heavy (non-hydrogen) atoms. The highest BCUT2D eigenvalue weighted by Gasteiger charge is 2.55. The molecule has 0 N–H and O–H groups in total. The predicted molar refractivity (Wildman–Crippen MR) is 96.1 cm³/mol. The number of fused-ring (bicyclic) bond motifs is 3. The topological polar surface area (TPSA) is 49.5 Å². The Bertz CT molecular complexity index is 521. The largest absolute Gasteiger partial charge is 0.380 e. The summed E-state index contributed by atoms with van der Waals surface area (Å²) < 4.78 is 29.6. The Morgan fingerprint density at radius 1 is 0.962 bits per heavy atom. The van der Waals surface area contributed by atoms with E-state index >= 15 is 0 Å². The molecule has 148 valence electrons. The molecule has 6 fully saturated rings. The van der Waals surface area contributed by atoms with E-state index in [2.05, 4.69) is 13.8 Å². The van der Waals surface area contributed by atoms with E-state index in [1.807, 2.05) is 0 Å². The maximum atomic E-state index is 6.13. The lowest BCUT2D eigenvalue weighted by atomic mass is 9.72. The molecule has 6 rings (SSSR count). The number of hydrogen-bond donors (Lipinski definition) is 0. The summed E-state index contributed by atoms with van der Waals surface area (Å²) in [5.41, 5.74) is 0.455. The van der Waals surface area contributed by atoms with Crippen molar-refractivity contribution in [3.05, 3.63) is 0 Å². The van der Waals surface area contributed by atoms with Gasteiger partial charge in [-0.25, -0.2) is 0 Å². The molecule has 2 aliphatic carbocycles. The molecule has 2 saturated carbocycles. The molecule has 0 radical (unpaired) electrons. The number of rotatable bonds is 8. The van der Waals surface area contributed by atoms with Crippen molar-refractivity contribution in [2.45, 2.75) is 75.8 Å². The van der Waals surface area contributed by atoms with Crippen LogP contribution in [0.25, 0.3) is 0 Å². The standard InChI is InChI=1S/C21H34O5/c1-19-5-4-16(17(8-19)25-19)10-23-12-21(13-24-14-21)11-22-9-15-3-6-20(2)18(7-15)26-20/h15-18H,3-14H2,1-2H3. The zero-order chi connectivity index (χ0) is 17.8. The summed E-state index contributed by atoms with van der Waals surface area (Å²) in [6.07, 6.45) is 8.13. The van der Waals surface area contributed by atoms with Gasteiger partial charge in [0, 0.05) is 18.9 Å². The van der Waals surface area contributed by atoms with Crippen LogP contribution in [0.15, 0.2) is 0 Å². The van der Waals surface area contributed by atoms with Crippen LogP contribution in [-0.4, -0.2) is 63.1 Å². The molecule has 5 nitrogen and oxygen atoms in total.